The van der Waals surface area contributed by atoms with Gasteiger partial charge < -0.3 is 10.4 Å². The molecule has 0 aliphatic rings. The van der Waals surface area contributed by atoms with Crippen molar-refractivity contribution in [2.75, 3.05) is 11.9 Å². The van der Waals surface area contributed by atoms with E-state index in [1.165, 1.54) is 12.1 Å². The summed E-state index contributed by atoms with van der Waals surface area (Å²) in [5.41, 5.74) is 1.63. The molecule has 0 fully saturated rings. The number of anilines is 1. The Hall–Kier alpha value is -2.39. The first-order valence-electron chi connectivity index (χ1n) is 6.88. The quantitative estimate of drug-likeness (QED) is 0.754. The maximum atomic E-state index is 13.2. The summed E-state index contributed by atoms with van der Waals surface area (Å²) in [5, 5.41) is 15.1. The minimum absolute atomic E-state index is 0.0607. The van der Waals surface area contributed by atoms with Gasteiger partial charge in [-0.3, -0.25) is 0 Å². The molecule has 3 aromatic rings. The molecule has 106 valence electrons. The minimum Gasteiger partial charge on any atom is -0.394 e. The van der Waals surface area contributed by atoms with Crippen LogP contribution in [0.1, 0.15) is 11.6 Å². The van der Waals surface area contributed by atoms with Gasteiger partial charge in [-0.2, -0.15) is 0 Å². The number of hydrogen-bond acceptors (Lipinski definition) is 2. The third-order valence-electron chi connectivity index (χ3n) is 3.52. The lowest BCUT2D eigenvalue weighted by molar-refractivity contribution is 0.276. The highest BCUT2D eigenvalue weighted by molar-refractivity contribution is 5.83. The van der Waals surface area contributed by atoms with E-state index in [0.717, 1.165) is 16.3 Å². The van der Waals surface area contributed by atoms with E-state index in [1.807, 2.05) is 42.5 Å². The molecule has 1 unspecified atom stereocenters. The van der Waals surface area contributed by atoms with E-state index in [1.54, 1.807) is 12.1 Å². The van der Waals surface area contributed by atoms with Crippen molar-refractivity contribution in [3.05, 3.63) is 78.1 Å². The van der Waals surface area contributed by atoms with E-state index in [0.29, 0.717) is 5.69 Å². The standard InChI is InChI=1S/C18H16FNO/c19-16-6-3-7-17(11-16)20-18(12-21)15-9-8-13-4-1-2-5-14(13)10-15/h1-11,18,20-21H,12H2. The van der Waals surface area contributed by atoms with Crippen molar-refractivity contribution in [3.8, 4) is 0 Å². The zero-order valence-electron chi connectivity index (χ0n) is 11.5. The molecule has 0 spiro atoms. The molecule has 3 rings (SSSR count). The first-order chi connectivity index (χ1) is 10.3. The summed E-state index contributed by atoms with van der Waals surface area (Å²) in [5.74, 6) is -0.296. The van der Waals surface area contributed by atoms with Gasteiger partial charge in [0.25, 0.3) is 0 Å². The molecule has 3 aromatic carbocycles. The van der Waals surface area contributed by atoms with Crippen LogP contribution in [0, 0.1) is 5.82 Å². The van der Waals surface area contributed by atoms with Crippen LogP contribution in [0.25, 0.3) is 10.8 Å². The second-order valence-electron chi connectivity index (χ2n) is 5.00. The summed E-state index contributed by atoms with van der Waals surface area (Å²) < 4.78 is 13.2. The highest BCUT2D eigenvalue weighted by Gasteiger charge is 2.11. The lowest BCUT2D eigenvalue weighted by Gasteiger charge is -2.18. The van der Waals surface area contributed by atoms with Crippen LogP contribution >= 0.6 is 0 Å². The summed E-state index contributed by atoms with van der Waals surface area (Å²) in [6, 6.07) is 20.1. The van der Waals surface area contributed by atoms with Crippen molar-refractivity contribution in [2.45, 2.75) is 6.04 Å². The number of fused-ring (bicyclic) bond motifs is 1. The van der Waals surface area contributed by atoms with Gasteiger partial charge in [0.05, 0.1) is 12.6 Å². The number of aliphatic hydroxyl groups excluding tert-OH is 1. The first kappa shape index (κ1) is 13.6. The predicted octanol–water partition coefficient (Wildman–Crippen LogP) is 4.12. The van der Waals surface area contributed by atoms with E-state index in [4.69, 9.17) is 0 Å². The third-order valence-corrected chi connectivity index (χ3v) is 3.52. The fraction of sp³-hybridized carbons (Fsp3) is 0.111. The van der Waals surface area contributed by atoms with Gasteiger partial charge in [0.2, 0.25) is 0 Å². The molecule has 0 radical (unpaired) electrons. The molecule has 3 heteroatoms. The predicted molar refractivity (Wildman–Crippen MR) is 83.8 cm³/mol. The van der Waals surface area contributed by atoms with Crippen LogP contribution < -0.4 is 5.32 Å². The molecular formula is C18H16FNO. The Labute approximate surface area is 122 Å². The van der Waals surface area contributed by atoms with E-state index < -0.39 is 0 Å². The SMILES string of the molecule is OCC(Nc1cccc(F)c1)c1ccc2ccccc2c1. The Morgan fingerprint density at radius 3 is 2.48 bits per heavy atom. The van der Waals surface area contributed by atoms with Gasteiger partial charge in [-0.1, -0.05) is 42.5 Å². The molecule has 1 atom stereocenters. The van der Waals surface area contributed by atoms with Crippen LogP contribution in [0.2, 0.25) is 0 Å². The second-order valence-corrected chi connectivity index (χ2v) is 5.00. The van der Waals surface area contributed by atoms with Crippen molar-refractivity contribution < 1.29 is 9.50 Å². The highest BCUT2D eigenvalue weighted by atomic mass is 19.1. The smallest absolute Gasteiger partial charge is 0.125 e. The van der Waals surface area contributed by atoms with Crippen molar-refractivity contribution in [1.29, 1.82) is 0 Å². The van der Waals surface area contributed by atoms with Gasteiger partial charge in [-0.05, 0) is 40.6 Å². The van der Waals surface area contributed by atoms with Crippen LogP contribution in [0.5, 0.6) is 0 Å². The summed E-state index contributed by atoms with van der Waals surface area (Å²) >= 11 is 0. The maximum absolute atomic E-state index is 13.2. The lowest BCUT2D eigenvalue weighted by Crippen LogP contribution is -2.14. The molecule has 0 bridgehead atoms. The molecular weight excluding hydrogens is 265 g/mol. The number of rotatable bonds is 4. The van der Waals surface area contributed by atoms with Crippen LogP contribution in [-0.2, 0) is 0 Å². The number of aliphatic hydroxyl groups is 1. The fourth-order valence-corrected chi connectivity index (χ4v) is 2.44. The lowest BCUT2D eigenvalue weighted by atomic mass is 10.0. The van der Waals surface area contributed by atoms with Gasteiger partial charge in [0.15, 0.2) is 0 Å². The molecule has 0 aliphatic heterocycles. The van der Waals surface area contributed by atoms with E-state index >= 15 is 0 Å². The Bertz CT molecular complexity index is 757. The zero-order chi connectivity index (χ0) is 14.7. The monoisotopic (exact) mass is 281 g/mol. The summed E-state index contributed by atoms with van der Waals surface area (Å²) in [4.78, 5) is 0. The van der Waals surface area contributed by atoms with Crippen molar-refractivity contribution in [1.82, 2.24) is 0 Å². The van der Waals surface area contributed by atoms with Gasteiger partial charge in [0.1, 0.15) is 5.82 Å². The largest absolute Gasteiger partial charge is 0.394 e. The molecule has 0 amide bonds. The normalized spacial score (nSPS) is 12.3. The Balaban J connectivity index is 1.90. The molecule has 2 N–H and O–H groups in total. The summed E-state index contributed by atoms with van der Waals surface area (Å²) in [7, 11) is 0. The van der Waals surface area contributed by atoms with Gasteiger partial charge >= 0.3 is 0 Å². The minimum atomic E-state index is -0.296. The Kier molecular flexibility index (Phi) is 3.84. The molecule has 0 saturated heterocycles. The molecule has 0 saturated carbocycles. The van der Waals surface area contributed by atoms with Crippen LogP contribution in [0.15, 0.2) is 66.7 Å². The molecule has 0 heterocycles. The second kappa shape index (κ2) is 5.94. The van der Waals surface area contributed by atoms with Crippen LogP contribution in [-0.4, -0.2) is 11.7 Å². The first-order valence-corrected chi connectivity index (χ1v) is 6.88. The molecule has 21 heavy (non-hydrogen) atoms. The van der Waals surface area contributed by atoms with E-state index in [-0.39, 0.29) is 18.5 Å². The molecule has 2 nitrogen and oxygen atoms in total. The zero-order valence-corrected chi connectivity index (χ0v) is 11.5. The Morgan fingerprint density at radius 2 is 1.71 bits per heavy atom. The molecule has 0 aliphatic carbocycles. The highest BCUT2D eigenvalue weighted by Crippen LogP contribution is 2.23. The van der Waals surface area contributed by atoms with Crippen LogP contribution in [0.3, 0.4) is 0 Å². The number of nitrogens with one attached hydrogen (secondary N) is 1. The number of halogens is 1. The average molecular weight is 281 g/mol. The Morgan fingerprint density at radius 1 is 0.905 bits per heavy atom. The number of benzene rings is 3. The maximum Gasteiger partial charge on any atom is 0.125 e. The van der Waals surface area contributed by atoms with Gasteiger partial charge in [-0.25, -0.2) is 4.39 Å². The van der Waals surface area contributed by atoms with Crippen molar-refractivity contribution in [3.63, 3.8) is 0 Å². The van der Waals surface area contributed by atoms with E-state index in [2.05, 4.69) is 5.32 Å². The topological polar surface area (TPSA) is 32.3 Å². The summed E-state index contributed by atoms with van der Waals surface area (Å²) in [6.07, 6.45) is 0. The van der Waals surface area contributed by atoms with Crippen LogP contribution in [0.4, 0.5) is 10.1 Å². The molecule has 0 aromatic heterocycles. The third kappa shape index (κ3) is 3.03. The van der Waals surface area contributed by atoms with Crippen molar-refractivity contribution >= 4 is 16.5 Å². The van der Waals surface area contributed by atoms with Gasteiger partial charge in [-0.15, -0.1) is 0 Å². The van der Waals surface area contributed by atoms with Gasteiger partial charge in [0, 0.05) is 5.69 Å². The van der Waals surface area contributed by atoms with E-state index in [9.17, 15) is 9.50 Å². The number of hydrogen-bond donors (Lipinski definition) is 2. The summed E-state index contributed by atoms with van der Waals surface area (Å²) in [6.45, 7) is -0.0607. The fourth-order valence-electron chi connectivity index (χ4n) is 2.44. The average Bonchev–Trinajstić information content (AvgIpc) is 2.52. The van der Waals surface area contributed by atoms with Crippen molar-refractivity contribution in [2.24, 2.45) is 0 Å².